The van der Waals surface area contributed by atoms with Gasteiger partial charge in [0.2, 0.25) is 5.88 Å². The number of anilines is 1. The van der Waals surface area contributed by atoms with Gasteiger partial charge in [-0.15, -0.1) is 0 Å². The second kappa shape index (κ2) is 13.7. The molecule has 2 aromatic carbocycles. The summed E-state index contributed by atoms with van der Waals surface area (Å²) in [5, 5.41) is 1.64. The molecule has 0 saturated carbocycles. The second-order valence-electron chi connectivity index (χ2n) is 8.43. The minimum absolute atomic E-state index is 0.0121. The fourth-order valence-electron chi connectivity index (χ4n) is 4.15. The molecule has 1 amide bonds. The molecule has 4 N–H and O–H groups in total. The predicted octanol–water partition coefficient (Wildman–Crippen LogP) is 5.12. The molecule has 0 atom stereocenters. The zero-order valence-electron chi connectivity index (χ0n) is 23.4. The Labute approximate surface area is 233 Å². The molecule has 3 aromatic heterocycles. The number of primary amides is 1. The summed E-state index contributed by atoms with van der Waals surface area (Å²) in [7, 11) is 1.59. The number of benzene rings is 2. The summed E-state index contributed by atoms with van der Waals surface area (Å²) >= 11 is 0. The van der Waals surface area contributed by atoms with Crippen LogP contribution in [0.1, 0.15) is 42.6 Å². The number of aromatic nitrogens is 4. The number of amides is 1. The first-order valence-corrected chi connectivity index (χ1v) is 13.0. The van der Waals surface area contributed by atoms with Crippen molar-refractivity contribution in [2.75, 3.05) is 12.8 Å². The summed E-state index contributed by atoms with van der Waals surface area (Å²) in [6, 6.07) is 21.6. The number of ether oxygens (including phenoxy) is 1. The largest absolute Gasteiger partial charge is 0.481 e. The number of nitrogen functional groups attached to an aromatic ring is 1. The molecule has 9 nitrogen and oxygen atoms in total. The predicted molar refractivity (Wildman–Crippen MR) is 160 cm³/mol. The molecule has 0 saturated heterocycles. The van der Waals surface area contributed by atoms with Crippen LogP contribution in [0.4, 0.5) is 5.82 Å². The molecule has 0 aliphatic rings. The van der Waals surface area contributed by atoms with E-state index < -0.39 is 5.91 Å². The minimum atomic E-state index is -0.657. The van der Waals surface area contributed by atoms with E-state index in [1.807, 2.05) is 79.1 Å². The Kier molecular flexibility index (Phi) is 10.1. The van der Waals surface area contributed by atoms with E-state index in [4.69, 9.17) is 16.2 Å². The van der Waals surface area contributed by atoms with Crippen LogP contribution in [0.15, 0.2) is 83.9 Å². The molecular weight excluding hydrogens is 504 g/mol. The average Bonchev–Trinajstić information content (AvgIpc) is 2.98. The van der Waals surface area contributed by atoms with E-state index in [9.17, 15) is 9.59 Å². The Morgan fingerprint density at radius 2 is 1.73 bits per heavy atom. The molecule has 0 aliphatic heterocycles. The number of hydrogen-bond donors (Lipinski definition) is 2. The molecule has 3 heterocycles. The van der Waals surface area contributed by atoms with Crippen LogP contribution in [-0.2, 0) is 6.42 Å². The third-order valence-electron chi connectivity index (χ3n) is 5.91. The van der Waals surface area contributed by atoms with E-state index in [0.29, 0.717) is 17.0 Å². The maximum Gasteiger partial charge on any atom is 0.271 e. The van der Waals surface area contributed by atoms with Crippen molar-refractivity contribution in [2.45, 2.75) is 34.1 Å². The highest BCUT2D eigenvalue weighted by molar-refractivity contribution is 5.96. The molecular formula is C31H34N6O3. The lowest BCUT2D eigenvalue weighted by Gasteiger charge is -2.15. The zero-order valence-corrected chi connectivity index (χ0v) is 23.4. The van der Waals surface area contributed by atoms with Crippen molar-refractivity contribution in [1.82, 2.24) is 19.5 Å². The van der Waals surface area contributed by atoms with Gasteiger partial charge in [0, 0.05) is 29.8 Å². The Morgan fingerprint density at radius 1 is 1.00 bits per heavy atom. The van der Waals surface area contributed by atoms with Gasteiger partial charge in [0.1, 0.15) is 0 Å². The van der Waals surface area contributed by atoms with E-state index in [0.717, 1.165) is 34.3 Å². The number of para-hydroxylation sites is 1. The SMILES string of the molecule is CC.CCc1cc2cccc(-c3ccnc(OC)c3)c2c(=O)n1-c1ccccc1.Cc1cnc(C(N)=O)c(N)n1. The first-order valence-electron chi connectivity index (χ1n) is 13.0. The average molecular weight is 539 g/mol. The lowest BCUT2D eigenvalue weighted by molar-refractivity contribution is 0.0996. The number of aryl methyl sites for hydroxylation is 2. The maximum absolute atomic E-state index is 13.6. The van der Waals surface area contributed by atoms with Crippen molar-refractivity contribution in [1.29, 1.82) is 0 Å². The number of rotatable bonds is 5. The van der Waals surface area contributed by atoms with Gasteiger partial charge in [-0.2, -0.15) is 0 Å². The van der Waals surface area contributed by atoms with Gasteiger partial charge < -0.3 is 16.2 Å². The van der Waals surface area contributed by atoms with E-state index >= 15 is 0 Å². The van der Waals surface area contributed by atoms with Gasteiger partial charge in [0.15, 0.2) is 11.5 Å². The standard InChI is InChI=1S/C23H20N2O2.C6H8N4O.C2H6/c1-3-18-14-17-8-7-11-20(16-12-13-24-21(15-16)27-2)22(17)23(26)25(18)19-9-5-4-6-10-19;1-3-2-9-4(6(8)11)5(7)10-3;1-2/h4-15H,3H2,1-2H3;2H,1H3,(H2,7,10)(H2,8,11);1-2H3. The highest BCUT2D eigenvalue weighted by Gasteiger charge is 2.14. The number of hydrogen-bond acceptors (Lipinski definition) is 7. The fraction of sp³-hybridized carbons (Fsp3) is 0.194. The van der Waals surface area contributed by atoms with Gasteiger partial charge in [-0.05, 0) is 54.1 Å². The normalized spacial score (nSPS) is 10.1. The zero-order chi connectivity index (χ0) is 29.2. The van der Waals surface area contributed by atoms with Gasteiger partial charge in [-0.3, -0.25) is 14.2 Å². The van der Waals surface area contributed by atoms with Gasteiger partial charge in [0.05, 0.1) is 18.2 Å². The summed E-state index contributed by atoms with van der Waals surface area (Å²) in [6.07, 6.45) is 3.91. The molecule has 9 heteroatoms. The first-order chi connectivity index (χ1) is 19.3. The van der Waals surface area contributed by atoms with Crippen molar-refractivity contribution in [3.63, 3.8) is 0 Å². The molecule has 0 bridgehead atoms. The van der Waals surface area contributed by atoms with Crippen molar-refractivity contribution in [3.05, 3.63) is 107 Å². The quantitative estimate of drug-likeness (QED) is 0.317. The molecule has 0 aliphatic carbocycles. The maximum atomic E-state index is 13.6. The summed E-state index contributed by atoms with van der Waals surface area (Å²) in [5.74, 6) is -0.0504. The summed E-state index contributed by atoms with van der Waals surface area (Å²) in [6.45, 7) is 7.80. The van der Waals surface area contributed by atoms with Gasteiger partial charge >= 0.3 is 0 Å². The number of carbonyl (C=O) groups excluding carboxylic acids is 1. The van der Waals surface area contributed by atoms with E-state index in [1.54, 1.807) is 20.2 Å². The number of pyridine rings is 2. The molecule has 0 fully saturated rings. The molecule has 0 spiro atoms. The van der Waals surface area contributed by atoms with Gasteiger partial charge in [0.25, 0.3) is 11.5 Å². The fourth-order valence-corrected chi connectivity index (χ4v) is 4.15. The number of methoxy groups -OCH3 is 1. The molecule has 5 aromatic rings. The van der Waals surface area contributed by atoms with E-state index in [2.05, 4.69) is 27.9 Å². The van der Waals surface area contributed by atoms with Crippen LogP contribution in [0.25, 0.3) is 27.6 Å². The molecule has 0 unspecified atom stereocenters. The third-order valence-corrected chi connectivity index (χ3v) is 5.91. The number of fused-ring (bicyclic) bond motifs is 1. The third kappa shape index (κ3) is 6.50. The number of nitrogens with two attached hydrogens (primary N) is 2. The molecule has 5 rings (SSSR count). The van der Waals surface area contributed by atoms with Gasteiger partial charge in [-0.1, -0.05) is 57.2 Å². The van der Waals surface area contributed by atoms with Crippen LogP contribution < -0.4 is 21.8 Å². The first kappa shape index (κ1) is 29.5. The highest BCUT2D eigenvalue weighted by Crippen LogP contribution is 2.29. The monoisotopic (exact) mass is 538 g/mol. The van der Waals surface area contributed by atoms with Crippen molar-refractivity contribution < 1.29 is 9.53 Å². The molecule has 0 radical (unpaired) electrons. The molecule has 40 heavy (non-hydrogen) atoms. The lowest BCUT2D eigenvalue weighted by atomic mass is 9.99. The minimum Gasteiger partial charge on any atom is -0.481 e. The molecule has 206 valence electrons. The number of carbonyl (C=O) groups is 1. The van der Waals surface area contributed by atoms with Crippen LogP contribution in [0.5, 0.6) is 5.88 Å². The van der Waals surface area contributed by atoms with Crippen LogP contribution >= 0.6 is 0 Å². The van der Waals surface area contributed by atoms with Gasteiger partial charge in [-0.25, -0.2) is 15.0 Å². The van der Waals surface area contributed by atoms with Crippen molar-refractivity contribution >= 4 is 22.5 Å². The highest BCUT2D eigenvalue weighted by atomic mass is 16.5. The lowest BCUT2D eigenvalue weighted by Crippen LogP contribution is -2.22. The van der Waals surface area contributed by atoms with E-state index in [-0.39, 0.29) is 17.1 Å². The Morgan fingerprint density at radius 3 is 2.35 bits per heavy atom. The smallest absolute Gasteiger partial charge is 0.271 e. The van der Waals surface area contributed by atoms with Crippen LogP contribution in [0.3, 0.4) is 0 Å². The number of nitrogens with zero attached hydrogens (tertiary/aromatic N) is 4. The van der Waals surface area contributed by atoms with Crippen LogP contribution in [0, 0.1) is 6.92 Å². The van der Waals surface area contributed by atoms with Crippen molar-refractivity contribution in [2.24, 2.45) is 5.73 Å². The summed E-state index contributed by atoms with van der Waals surface area (Å²) in [4.78, 5) is 35.8. The summed E-state index contributed by atoms with van der Waals surface area (Å²) in [5.41, 5.74) is 14.6. The topological polar surface area (TPSA) is 139 Å². The summed E-state index contributed by atoms with van der Waals surface area (Å²) < 4.78 is 7.06. The van der Waals surface area contributed by atoms with Crippen molar-refractivity contribution in [3.8, 4) is 22.7 Å². The second-order valence-corrected chi connectivity index (χ2v) is 8.43. The van der Waals surface area contributed by atoms with Crippen LogP contribution in [-0.4, -0.2) is 32.5 Å². The van der Waals surface area contributed by atoms with Crippen LogP contribution in [0.2, 0.25) is 0 Å². The van der Waals surface area contributed by atoms with E-state index in [1.165, 1.54) is 6.20 Å². The Bertz CT molecular complexity index is 1670. The Hall–Kier alpha value is -5.05. The Balaban J connectivity index is 0.000000285.